The first-order chi connectivity index (χ1) is 9.67. The minimum atomic E-state index is 0.462. The van der Waals surface area contributed by atoms with Crippen LogP contribution in [0.15, 0.2) is 4.99 Å². The molecule has 2 rings (SSSR count). The Morgan fingerprint density at radius 3 is 2.55 bits per heavy atom. The summed E-state index contributed by atoms with van der Waals surface area (Å²) in [5.41, 5.74) is 0.462. The summed E-state index contributed by atoms with van der Waals surface area (Å²) in [6, 6.07) is 0. The quantitative estimate of drug-likeness (QED) is 0.844. The van der Waals surface area contributed by atoms with Crippen LogP contribution in [0.25, 0.3) is 0 Å². The van der Waals surface area contributed by atoms with Crippen LogP contribution in [-0.4, -0.2) is 49.0 Å². The van der Waals surface area contributed by atoms with E-state index in [0.717, 1.165) is 19.0 Å². The van der Waals surface area contributed by atoms with Crippen molar-refractivity contribution in [3.63, 3.8) is 0 Å². The molecule has 20 heavy (non-hydrogen) atoms. The first-order valence-corrected chi connectivity index (χ1v) is 9.25. The van der Waals surface area contributed by atoms with Gasteiger partial charge in [0.25, 0.3) is 0 Å². The molecule has 0 radical (unpaired) electrons. The molecule has 1 N–H and O–H groups in total. The van der Waals surface area contributed by atoms with Crippen LogP contribution in [0.4, 0.5) is 0 Å². The lowest BCUT2D eigenvalue weighted by Gasteiger charge is -2.33. The van der Waals surface area contributed by atoms with Gasteiger partial charge in [-0.15, -0.1) is 0 Å². The highest BCUT2D eigenvalue weighted by atomic mass is 32.2. The van der Waals surface area contributed by atoms with Crippen molar-refractivity contribution in [1.29, 1.82) is 0 Å². The van der Waals surface area contributed by atoms with E-state index in [1.54, 1.807) is 0 Å². The van der Waals surface area contributed by atoms with Gasteiger partial charge in [-0.2, -0.15) is 0 Å². The number of likely N-dealkylation sites (tertiary alicyclic amines) is 1. The second-order valence-corrected chi connectivity index (χ2v) is 7.54. The lowest BCUT2D eigenvalue weighted by molar-refractivity contribution is 0.213. The third-order valence-corrected chi connectivity index (χ3v) is 6.54. The Morgan fingerprint density at radius 1 is 1.30 bits per heavy atom. The van der Waals surface area contributed by atoms with Gasteiger partial charge in [0.2, 0.25) is 0 Å². The van der Waals surface area contributed by atoms with E-state index in [1.807, 2.05) is 11.8 Å². The SMILES string of the molecule is CCC1(CC)CN=C(NCCC2CCN(C)CC2)SC1. The average molecular weight is 298 g/mol. The summed E-state index contributed by atoms with van der Waals surface area (Å²) >= 11 is 1.94. The molecule has 2 heterocycles. The summed E-state index contributed by atoms with van der Waals surface area (Å²) in [5.74, 6) is 2.15. The maximum Gasteiger partial charge on any atom is 0.156 e. The van der Waals surface area contributed by atoms with Crippen LogP contribution >= 0.6 is 11.8 Å². The van der Waals surface area contributed by atoms with Gasteiger partial charge in [0.15, 0.2) is 5.17 Å². The van der Waals surface area contributed by atoms with Crippen molar-refractivity contribution in [3.05, 3.63) is 0 Å². The Balaban J connectivity index is 1.66. The number of nitrogens with zero attached hydrogens (tertiary/aromatic N) is 2. The Kier molecular flexibility index (Phi) is 6.21. The molecule has 0 aromatic carbocycles. The zero-order chi connectivity index (χ0) is 14.4. The summed E-state index contributed by atoms with van der Waals surface area (Å²) in [6.07, 6.45) is 6.55. The van der Waals surface area contributed by atoms with Crippen molar-refractivity contribution in [2.24, 2.45) is 16.3 Å². The highest BCUT2D eigenvalue weighted by Gasteiger charge is 2.30. The van der Waals surface area contributed by atoms with E-state index in [2.05, 4.69) is 31.1 Å². The molecular formula is C16H31N3S. The Bertz CT molecular complexity index is 318. The van der Waals surface area contributed by atoms with Crippen molar-refractivity contribution in [1.82, 2.24) is 10.2 Å². The van der Waals surface area contributed by atoms with Crippen molar-refractivity contribution in [2.75, 3.05) is 39.0 Å². The molecule has 116 valence electrons. The van der Waals surface area contributed by atoms with Gasteiger partial charge in [-0.3, -0.25) is 4.99 Å². The number of nitrogens with one attached hydrogen (secondary N) is 1. The molecule has 2 aliphatic heterocycles. The first-order valence-electron chi connectivity index (χ1n) is 8.27. The molecule has 2 aliphatic rings. The van der Waals surface area contributed by atoms with Gasteiger partial charge in [-0.05, 0) is 63.6 Å². The van der Waals surface area contributed by atoms with Gasteiger partial charge >= 0.3 is 0 Å². The number of amidine groups is 1. The smallest absolute Gasteiger partial charge is 0.156 e. The van der Waals surface area contributed by atoms with E-state index in [0.29, 0.717) is 5.41 Å². The maximum atomic E-state index is 4.78. The number of hydrogen-bond acceptors (Lipinski definition) is 4. The third kappa shape index (κ3) is 4.39. The minimum Gasteiger partial charge on any atom is -0.365 e. The zero-order valence-corrected chi connectivity index (χ0v) is 14.3. The number of piperidine rings is 1. The molecule has 0 bridgehead atoms. The molecule has 0 atom stereocenters. The fourth-order valence-electron chi connectivity index (χ4n) is 3.07. The second-order valence-electron chi connectivity index (χ2n) is 6.58. The van der Waals surface area contributed by atoms with Crippen LogP contribution in [-0.2, 0) is 0 Å². The minimum absolute atomic E-state index is 0.462. The molecule has 4 heteroatoms. The fourth-order valence-corrected chi connectivity index (χ4v) is 4.37. The summed E-state index contributed by atoms with van der Waals surface area (Å²) in [6.45, 7) is 9.27. The average Bonchev–Trinajstić information content (AvgIpc) is 2.50. The largest absolute Gasteiger partial charge is 0.365 e. The Hall–Kier alpha value is -0.220. The van der Waals surface area contributed by atoms with Crippen molar-refractivity contribution >= 4 is 16.9 Å². The molecule has 0 spiro atoms. The molecular weight excluding hydrogens is 266 g/mol. The highest BCUT2D eigenvalue weighted by Crippen LogP contribution is 2.34. The van der Waals surface area contributed by atoms with E-state index in [4.69, 9.17) is 4.99 Å². The van der Waals surface area contributed by atoms with Crippen LogP contribution in [0.1, 0.15) is 46.0 Å². The third-order valence-electron chi connectivity index (χ3n) is 5.24. The predicted octanol–water partition coefficient (Wildman–Crippen LogP) is 3.22. The van der Waals surface area contributed by atoms with E-state index < -0.39 is 0 Å². The van der Waals surface area contributed by atoms with Crippen LogP contribution in [0, 0.1) is 11.3 Å². The predicted molar refractivity (Wildman–Crippen MR) is 90.6 cm³/mol. The molecule has 0 aromatic heterocycles. The lowest BCUT2D eigenvalue weighted by atomic mass is 9.84. The molecule has 0 aliphatic carbocycles. The van der Waals surface area contributed by atoms with Gasteiger partial charge in [-0.1, -0.05) is 25.6 Å². The van der Waals surface area contributed by atoms with Gasteiger partial charge in [0.1, 0.15) is 0 Å². The number of thioether (sulfide) groups is 1. The zero-order valence-electron chi connectivity index (χ0n) is 13.5. The van der Waals surface area contributed by atoms with Gasteiger partial charge in [-0.25, -0.2) is 0 Å². The lowest BCUT2D eigenvalue weighted by Crippen LogP contribution is -2.36. The van der Waals surface area contributed by atoms with E-state index in [1.165, 1.54) is 56.1 Å². The standard InChI is InChI=1S/C16H31N3S/c1-4-16(5-2)12-18-15(20-13-16)17-9-6-14-7-10-19(3)11-8-14/h14H,4-13H2,1-3H3,(H,17,18). The molecule has 3 nitrogen and oxygen atoms in total. The summed E-state index contributed by atoms with van der Waals surface area (Å²) in [7, 11) is 2.23. The maximum absolute atomic E-state index is 4.78. The normalized spacial score (nSPS) is 24.4. The number of aliphatic imine (C=N–C) groups is 1. The second kappa shape index (κ2) is 7.69. The highest BCUT2D eigenvalue weighted by molar-refractivity contribution is 8.13. The molecule has 0 aromatic rings. The molecule has 0 unspecified atom stereocenters. The molecule has 1 saturated heterocycles. The molecule has 1 fully saturated rings. The van der Waals surface area contributed by atoms with E-state index in [9.17, 15) is 0 Å². The van der Waals surface area contributed by atoms with Crippen molar-refractivity contribution in [2.45, 2.75) is 46.0 Å². The summed E-state index contributed by atoms with van der Waals surface area (Å²) in [5, 5.41) is 4.76. The monoisotopic (exact) mass is 297 g/mol. The molecule has 0 saturated carbocycles. The Morgan fingerprint density at radius 2 is 2.00 bits per heavy atom. The van der Waals surface area contributed by atoms with Gasteiger partial charge in [0, 0.05) is 18.8 Å². The summed E-state index contributed by atoms with van der Waals surface area (Å²) in [4.78, 5) is 7.22. The number of rotatable bonds is 5. The van der Waals surface area contributed by atoms with E-state index >= 15 is 0 Å². The van der Waals surface area contributed by atoms with Crippen LogP contribution in [0.5, 0.6) is 0 Å². The number of hydrogen-bond donors (Lipinski definition) is 1. The topological polar surface area (TPSA) is 27.6 Å². The molecule has 0 amide bonds. The van der Waals surface area contributed by atoms with E-state index in [-0.39, 0.29) is 0 Å². The Labute approximate surface area is 129 Å². The van der Waals surface area contributed by atoms with Crippen LogP contribution in [0.2, 0.25) is 0 Å². The van der Waals surface area contributed by atoms with Crippen molar-refractivity contribution in [3.8, 4) is 0 Å². The van der Waals surface area contributed by atoms with Gasteiger partial charge < -0.3 is 10.2 Å². The van der Waals surface area contributed by atoms with Crippen LogP contribution in [0.3, 0.4) is 0 Å². The van der Waals surface area contributed by atoms with Crippen LogP contribution < -0.4 is 5.32 Å². The van der Waals surface area contributed by atoms with Crippen molar-refractivity contribution < 1.29 is 0 Å². The fraction of sp³-hybridized carbons (Fsp3) is 0.938. The summed E-state index contributed by atoms with van der Waals surface area (Å²) < 4.78 is 0. The van der Waals surface area contributed by atoms with Gasteiger partial charge in [0.05, 0.1) is 0 Å². The first kappa shape index (κ1) is 16.2.